The van der Waals surface area contributed by atoms with E-state index in [-0.39, 0.29) is 6.04 Å². The topological polar surface area (TPSA) is 45.4 Å². The number of hydrogen-bond donors (Lipinski definition) is 2. The van der Waals surface area contributed by atoms with Crippen molar-refractivity contribution in [2.45, 2.75) is 25.3 Å². The van der Waals surface area contributed by atoms with Crippen LogP contribution in [0.15, 0.2) is 60.1 Å². The zero-order chi connectivity index (χ0) is 17.7. The van der Waals surface area contributed by atoms with Crippen molar-refractivity contribution in [2.75, 3.05) is 0 Å². The number of aromatic nitrogens is 1. The molecule has 0 spiro atoms. The summed E-state index contributed by atoms with van der Waals surface area (Å²) in [5.74, 6) is 0. The average molecular weight is 341 g/mol. The summed E-state index contributed by atoms with van der Waals surface area (Å²) in [4.78, 5) is 0. The van der Waals surface area contributed by atoms with Crippen molar-refractivity contribution in [3.63, 3.8) is 0 Å². The van der Waals surface area contributed by atoms with Gasteiger partial charge in [0, 0.05) is 16.0 Å². The van der Waals surface area contributed by atoms with E-state index in [1.807, 2.05) is 12.2 Å². The van der Waals surface area contributed by atoms with Gasteiger partial charge in [-0.1, -0.05) is 60.7 Å². The fourth-order valence-corrected chi connectivity index (χ4v) is 4.36. The quantitative estimate of drug-likeness (QED) is 0.704. The van der Waals surface area contributed by atoms with Crippen molar-refractivity contribution in [2.24, 2.45) is 0 Å². The van der Waals surface area contributed by atoms with E-state index in [2.05, 4.69) is 59.2 Å². The molecule has 5 rings (SSSR count). The summed E-state index contributed by atoms with van der Waals surface area (Å²) in [5, 5.41) is 25.3. The predicted molar refractivity (Wildman–Crippen MR) is 108 cm³/mol. The molecule has 1 unspecified atom stereocenters. The van der Waals surface area contributed by atoms with Gasteiger partial charge in [-0.2, -0.15) is 0 Å². The first-order valence-electron chi connectivity index (χ1n) is 9.20. The highest BCUT2D eigenvalue weighted by atomic mass is 16.4. The van der Waals surface area contributed by atoms with Gasteiger partial charge in [0.05, 0.1) is 11.6 Å². The molecule has 1 aromatic heterocycles. The Kier molecular flexibility index (Phi) is 3.62. The summed E-state index contributed by atoms with van der Waals surface area (Å²) in [6.07, 6.45) is 13.5. The highest BCUT2D eigenvalue weighted by Gasteiger charge is 2.21. The van der Waals surface area contributed by atoms with Gasteiger partial charge < -0.3 is 14.6 Å². The molecule has 2 N–H and O–H groups in total. The van der Waals surface area contributed by atoms with Gasteiger partial charge in [-0.15, -0.1) is 0 Å². The fourth-order valence-electron chi connectivity index (χ4n) is 4.36. The lowest BCUT2D eigenvalue weighted by molar-refractivity contribution is 0.419. The molecule has 2 aliphatic carbocycles. The number of hydrogen-bond acceptors (Lipinski definition) is 2. The van der Waals surface area contributed by atoms with E-state index < -0.39 is 7.12 Å². The summed E-state index contributed by atoms with van der Waals surface area (Å²) >= 11 is 0. The van der Waals surface area contributed by atoms with Gasteiger partial charge in [0.25, 0.3) is 0 Å². The lowest BCUT2D eigenvalue weighted by Crippen LogP contribution is -2.33. The monoisotopic (exact) mass is 341 g/mol. The molecular weight excluding hydrogens is 321 g/mol. The smallest absolute Gasteiger partial charge is 0.423 e. The maximum absolute atomic E-state index is 9.39. The molecule has 0 saturated heterocycles. The Bertz CT molecular complexity index is 1200. The van der Waals surface area contributed by atoms with Crippen molar-refractivity contribution in [3.05, 3.63) is 70.7 Å². The molecule has 0 amide bonds. The molecule has 1 atom stereocenters. The predicted octanol–water partition coefficient (Wildman–Crippen LogP) is 2.59. The maximum atomic E-state index is 9.39. The van der Waals surface area contributed by atoms with Gasteiger partial charge in [0.1, 0.15) is 0 Å². The molecule has 3 aromatic rings. The lowest BCUT2D eigenvalue weighted by atomic mass is 9.76. The number of allylic oxidation sites excluding steroid dienone is 4. The molecule has 0 fully saturated rings. The van der Waals surface area contributed by atoms with Crippen LogP contribution in [0.3, 0.4) is 0 Å². The van der Waals surface area contributed by atoms with E-state index in [1.54, 1.807) is 0 Å². The Morgan fingerprint density at radius 3 is 2.62 bits per heavy atom. The number of nitrogens with zero attached hydrogens (tertiary/aromatic N) is 1. The first-order valence-corrected chi connectivity index (χ1v) is 9.20. The normalized spacial score (nSPS) is 19.0. The summed E-state index contributed by atoms with van der Waals surface area (Å²) in [7, 11) is -1.40. The van der Waals surface area contributed by atoms with Crippen molar-refractivity contribution < 1.29 is 10.0 Å². The largest absolute Gasteiger partial charge is 0.488 e. The van der Waals surface area contributed by atoms with Gasteiger partial charge in [0.2, 0.25) is 0 Å². The third-order valence-corrected chi connectivity index (χ3v) is 5.56. The SMILES string of the molecule is OB(O)C1=CCC(n2c3c(c4c5ccccc5ccc42)=CCCC=3)C=C1. The second-order valence-corrected chi connectivity index (χ2v) is 7.08. The highest BCUT2D eigenvalue weighted by Crippen LogP contribution is 2.28. The van der Waals surface area contributed by atoms with Gasteiger partial charge in [-0.3, -0.25) is 0 Å². The fraction of sp³-hybridized carbons (Fsp3) is 0.182. The minimum atomic E-state index is -1.40. The van der Waals surface area contributed by atoms with Crippen molar-refractivity contribution in [3.8, 4) is 0 Å². The molecule has 1 heterocycles. The lowest BCUT2D eigenvalue weighted by Gasteiger charge is -2.20. The molecule has 2 aliphatic rings. The first-order chi connectivity index (χ1) is 12.7. The molecular formula is C22H20BNO2. The minimum Gasteiger partial charge on any atom is -0.423 e. The van der Waals surface area contributed by atoms with E-state index in [9.17, 15) is 10.0 Å². The van der Waals surface area contributed by atoms with Crippen LogP contribution in [0, 0.1) is 0 Å². The van der Waals surface area contributed by atoms with Crippen LogP contribution in [0.4, 0.5) is 0 Å². The molecule has 4 heteroatoms. The summed E-state index contributed by atoms with van der Waals surface area (Å²) < 4.78 is 2.42. The number of benzene rings is 2. The third kappa shape index (κ3) is 2.30. The van der Waals surface area contributed by atoms with Gasteiger partial charge in [-0.05, 0) is 41.6 Å². The Hall–Kier alpha value is -2.56. The van der Waals surface area contributed by atoms with E-state index in [0.29, 0.717) is 5.47 Å². The molecule has 3 nitrogen and oxygen atoms in total. The molecule has 0 aliphatic heterocycles. The van der Waals surface area contributed by atoms with E-state index >= 15 is 0 Å². The second-order valence-electron chi connectivity index (χ2n) is 7.08. The van der Waals surface area contributed by atoms with Crippen LogP contribution in [0.5, 0.6) is 0 Å². The first kappa shape index (κ1) is 15.7. The Labute approximate surface area is 152 Å². The summed E-state index contributed by atoms with van der Waals surface area (Å²) in [6.45, 7) is 0. The standard InChI is InChI=1S/C22H20BNO2/c25-23(26)16-10-12-17(13-11-16)24-20-8-4-3-7-19(20)22-18-6-2-1-5-15(18)9-14-21(22)24/h1-2,5-12,14,17,25-26H,3-4,13H2. The highest BCUT2D eigenvalue weighted by molar-refractivity contribution is 6.51. The van der Waals surface area contributed by atoms with E-state index in [4.69, 9.17) is 0 Å². The van der Waals surface area contributed by atoms with Crippen molar-refractivity contribution in [1.82, 2.24) is 4.57 Å². The van der Waals surface area contributed by atoms with Crippen LogP contribution >= 0.6 is 0 Å². The van der Waals surface area contributed by atoms with Gasteiger partial charge in [-0.25, -0.2) is 0 Å². The van der Waals surface area contributed by atoms with Gasteiger partial charge >= 0.3 is 7.12 Å². The van der Waals surface area contributed by atoms with Crippen LogP contribution in [-0.4, -0.2) is 21.7 Å². The van der Waals surface area contributed by atoms with Crippen molar-refractivity contribution >= 4 is 40.9 Å². The number of fused-ring (bicyclic) bond motifs is 5. The Morgan fingerprint density at radius 2 is 1.81 bits per heavy atom. The van der Waals surface area contributed by atoms with Crippen LogP contribution in [0.2, 0.25) is 0 Å². The zero-order valence-electron chi connectivity index (χ0n) is 14.5. The summed E-state index contributed by atoms with van der Waals surface area (Å²) in [5.41, 5.74) is 1.83. The van der Waals surface area contributed by atoms with E-state index in [0.717, 1.165) is 19.3 Å². The van der Waals surface area contributed by atoms with Crippen molar-refractivity contribution in [1.29, 1.82) is 0 Å². The molecule has 0 saturated carbocycles. The minimum absolute atomic E-state index is 0.188. The van der Waals surface area contributed by atoms with E-state index in [1.165, 1.54) is 32.2 Å². The molecule has 26 heavy (non-hydrogen) atoms. The maximum Gasteiger partial charge on any atom is 0.488 e. The van der Waals surface area contributed by atoms with Gasteiger partial charge in [0.15, 0.2) is 0 Å². The number of rotatable bonds is 2. The van der Waals surface area contributed by atoms with Crippen LogP contribution in [0.25, 0.3) is 33.8 Å². The molecule has 0 radical (unpaired) electrons. The Balaban J connectivity index is 1.80. The Morgan fingerprint density at radius 1 is 0.962 bits per heavy atom. The summed E-state index contributed by atoms with van der Waals surface area (Å²) in [6, 6.07) is 13.2. The van der Waals surface area contributed by atoms with Crippen LogP contribution < -0.4 is 10.6 Å². The molecule has 2 aromatic carbocycles. The zero-order valence-corrected chi connectivity index (χ0v) is 14.5. The van der Waals surface area contributed by atoms with Crippen LogP contribution in [0.1, 0.15) is 25.3 Å². The second kappa shape index (κ2) is 6.01. The third-order valence-electron chi connectivity index (χ3n) is 5.56. The molecule has 0 bridgehead atoms. The molecule has 128 valence electrons. The average Bonchev–Trinajstić information content (AvgIpc) is 3.03. The van der Waals surface area contributed by atoms with Crippen LogP contribution in [-0.2, 0) is 0 Å².